The molecule has 1 fully saturated rings. The van der Waals surface area contributed by atoms with Crippen molar-refractivity contribution in [3.63, 3.8) is 0 Å². The quantitative estimate of drug-likeness (QED) is 0.725. The Morgan fingerprint density at radius 3 is 2.68 bits per heavy atom. The van der Waals surface area contributed by atoms with Crippen molar-refractivity contribution in [3.05, 3.63) is 78.1 Å². The lowest BCUT2D eigenvalue weighted by Crippen LogP contribution is -2.42. The number of benzene rings is 1. The Kier molecular flexibility index (Phi) is 3.20. The molecule has 0 aliphatic carbocycles. The SMILES string of the molecule is O=C(c1ccc(-n2cccc2)cc1)N1C2CCC1c1cncnc1C2. The number of aromatic nitrogens is 3. The van der Waals surface area contributed by atoms with Gasteiger partial charge < -0.3 is 9.47 Å². The highest BCUT2D eigenvalue weighted by molar-refractivity contribution is 5.95. The van der Waals surface area contributed by atoms with Crippen molar-refractivity contribution in [2.45, 2.75) is 31.3 Å². The molecule has 2 aliphatic heterocycles. The normalized spacial score (nSPS) is 21.2. The van der Waals surface area contributed by atoms with Crippen LogP contribution < -0.4 is 0 Å². The molecule has 0 N–H and O–H groups in total. The van der Waals surface area contributed by atoms with E-state index in [-0.39, 0.29) is 18.0 Å². The highest BCUT2D eigenvalue weighted by Gasteiger charge is 2.43. The Morgan fingerprint density at radius 2 is 1.88 bits per heavy atom. The number of nitrogens with zero attached hydrogens (tertiary/aromatic N) is 4. The highest BCUT2D eigenvalue weighted by Crippen LogP contribution is 2.43. The number of hydrogen-bond donors (Lipinski definition) is 0. The first-order chi connectivity index (χ1) is 12.3. The van der Waals surface area contributed by atoms with Crippen LogP contribution in [0.15, 0.2) is 61.3 Å². The summed E-state index contributed by atoms with van der Waals surface area (Å²) in [4.78, 5) is 23.8. The molecule has 1 aromatic carbocycles. The van der Waals surface area contributed by atoms with Crippen LogP contribution in [0.1, 0.15) is 40.5 Å². The zero-order chi connectivity index (χ0) is 16.8. The fourth-order valence-corrected chi connectivity index (χ4v) is 4.17. The molecular formula is C20H18N4O. The predicted octanol–water partition coefficient (Wildman–Crippen LogP) is 3.17. The van der Waals surface area contributed by atoms with E-state index in [0.717, 1.165) is 41.8 Å². The van der Waals surface area contributed by atoms with E-state index in [0.29, 0.717) is 0 Å². The lowest BCUT2D eigenvalue weighted by Gasteiger charge is -2.35. The monoisotopic (exact) mass is 330 g/mol. The van der Waals surface area contributed by atoms with E-state index in [4.69, 9.17) is 0 Å². The summed E-state index contributed by atoms with van der Waals surface area (Å²) in [7, 11) is 0. The molecule has 2 aliphatic rings. The summed E-state index contributed by atoms with van der Waals surface area (Å²) in [6.45, 7) is 0. The maximum absolute atomic E-state index is 13.1. The van der Waals surface area contributed by atoms with E-state index in [9.17, 15) is 4.79 Å². The van der Waals surface area contributed by atoms with Crippen LogP contribution in [-0.4, -0.2) is 31.4 Å². The van der Waals surface area contributed by atoms with Crippen LogP contribution in [0.25, 0.3) is 5.69 Å². The molecule has 0 spiro atoms. The Balaban J connectivity index is 1.45. The smallest absolute Gasteiger partial charge is 0.254 e. The van der Waals surface area contributed by atoms with Gasteiger partial charge in [-0.05, 0) is 49.2 Å². The molecule has 124 valence electrons. The van der Waals surface area contributed by atoms with Crippen molar-refractivity contribution in [2.75, 3.05) is 0 Å². The van der Waals surface area contributed by atoms with Gasteiger partial charge in [0, 0.05) is 47.9 Å². The summed E-state index contributed by atoms with van der Waals surface area (Å²) >= 11 is 0. The van der Waals surface area contributed by atoms with Crippen molar-refractivity contribution in [1.29, 1.82) is 0 Å². The number of hydrogen-bond acceptors (Lipinski definition) is 3. The van der Waals surface area contributed by atoms with Gasteiger partial charge in [-0.25, -0.2) is 9.97 Å². The zero-order valence-electron chi connectivity index (χ0n) is 13.7. The molecule has 5 nitrogen and oxygen atoms in total. The fourth-order valence-electron chi connectivity index (χ4n) is 4.17. The molecule has 4 heterocycles. The number of rotatable bonds is 2. The Morgan fingerprint density at radius 1 is 1.08 bits per heavy atom. The van der Waals surface area contributed by atoms with E-state index < -0.39 is 0 Å². The van der Waals surface area contributed by atoms with Crippen LogP contribution in [0.2, 0.25) is 0 Å². The number of carbonyl (C=O) groups excluding carboxylic acids is 1. The third kappa shape index (κ3) is 2.27. The zero-order valence-corrected chi connectivity index (χ0v) is 13.7. The van der Waals surface area contributed by atoms with Crippen molar-refractivity contribution >= 4 is 5.91 Å². The lowest BCUT2D eigenvalue weighted by molar-refractivity contribution is 0.0644. The van der Waals surface area contributed by atoms with Gasteiger partial charge in [-0.3, -0.25) is 4.79 Å². The third-order valence-electron chi connectivity index (χ3n) is 5.37. The lowest BCUT2D eigenvalue weighted by atomic mass is 9.98. The van der Waals surface area contributed by atoms with Crippen molar-refractivity contribution < 1.29 is 4.79 Å². The Labute approximate surface area is 146 Å². The molecule has 1 saturated heterocycles. The van der Waals surface area contributed by atoms with E-state index in [1.807, 2.05) is 59.6 Å². The van der Waals surface area contributed by atoms with Gasteiger partial charge in [0.05, 0.1) is 11.7 Å². The van der Waals surface area contributed by atoms with Crippen LogP contribution in [-0.2, 0) is 6.42 Å². The van der Waals surface area contributed by atoms with Crippen LogP contribution in [0.4, 0.5) is 0 Å². The third-order valence-corrected chi connectivity index (χ3v) is 5.37. The Hall–Kier alpha value is -2.95. The second-order valence-corrected chi connectivity index (χ2v) is 6.73. The standard InChI is InChI=1S/C20H18N4O/c25-20(14-3-5-15(6-4-14)23-9-1-2-10-23)24-16-7-8-19(24)17-12-21-13-22-18(17)11-16/h1-6,9-10,12-13,16,19H,7-8,11H2. The first kappa shape index (κ1) is 14.4. The number of carbonyl (C=O) groups is 1. The van der Waals surface area contributed by atoms with Crippen molar-refractivity contribution in [3.8, 4) is 5.69 Å². The van der Waals surface area contributed by atoms with E-state index in [2.05, 4.69) is 14.9 Å². The molecule has 0 radical (unpaired) electrons. The summed E-state index contributed by atoms with van der Waals surface area (Å²) in [6.07, 6.45) is 10.4. The molecule has 5 rings (SSSR count). The van der Waals surface area contributed by atoms with E-state index in [1.54, 1.807) is 6.33 Å². The molecule has 2 aromatic heterocycles. The summed E-state index contributed by atoms with van der Waals surface area (Å²) < 4.78 is 2.03. The van der Waals surface area contributed by atoms with Gasteiger partial charge in [0.2, 0.25) is 0 Å². The minimum absolute atomic E-state index is 0.112. The van der Waals surface area contributed by atoms with Crippen LogP contribution in [0.3, 0.4) is 0 Å². The van der Waals surface area contributed by atoms with Gasteiger partial charge >= 0.3 is 0 Å². The summed E-state index contributed by atoms with van der Waals surface area (Å²) in [6, 6.07) is 12.2. The van der Waals surface area contributed by atoms with Gasteiger partial charge in [-0.15, -0.1) is 0 Å². The topological polar surface area (TPSA) is 51.0 Å². The minimum atomic E-state index is 0.112. The highest BCUT2D eigenvalue weighted by atomic mass is 16.2. The van der Waals surface area contributed by atoms with Crippen LogP contribution in [0, 0.1) is 0 Å². The second kappa shape index (κ2) is 5.55. The molecule has 2 atom stereocenters. The minimum Gasteiger partial charge on any atom is -0.328 e. The fraction of sp³-hybridized carbons (Fsp3) is 0.250. The predicted molar refractivity (Wildman–Crippen MR) is 93.4 cm³/mol. The van der Waals surface area contributed by atoms with Gasteiger partial charge in [0.1, 0.15) is 6.33 Å². The van der Waals surface area contributed by atoms with Gasteiger partial charge in [0.25, 0.3) is 5.91 Å². The molecule has 3 aromatic rings. The van der Waals surface area contributed by atoms with Gasteiger partial charge in [-0.2, -0.15) is 0 Å². The molecule has 5 heteroatoms. The molecular weight excluding hydrogens is 312 g/mol. The summed E-state index contributed by atoms with van der Waals surface area (Å²) in [5.41, 5.74) is 4.03. The molecule has 25 heavy (non-hydrogen) atoms. The summed E-state index contributed by atoms with van der Waals surface area (Å²) in [5, 5.41) is 0. The molecule has 2 unspecified atom stereocenters. The Bertz CT molecular complexity index is 917. The van der Waals surface area contributed by atoms with E-state index >= 15 is 0 Å². The van der Waals surface area contributed by atoms with Gasteiger partial charge in [-0.1, -0.05) is 0 Å². The molecule has 1 amide bonds. The summed E-state index contributed by atoms with van der Waals surface area (Å²) in [5.74, 6) is 0.112. The first-order valence-electron chi connectivity index (χ1n) is 8.66. The van der Waals surface area contributed by atoms with E-state index in [1.165, 1.54) is 0 Å². The van der Waals surface area contributed by atoms with Crippen LogP contribution >= 0.6 is 0 Å². The van der Waals surface area contributed by atoms with Crippen LogP contribution in [0.5, 0.6) is 0 Å². The average Bonchev–Trinajstić information content (AvgIpc) is 3.29. The molecule has 2 bridgehead atoms. The number of fused-ring (bicyclic) bond motifs is 4. The maximum atomic E-state index is 13.1. The molecule has 0 saturated carbocycles. The second-order valence-electron chi connectivity index (χ2n) is 6.73. The largest absolute Gasteiger partial charge is 0.328 e. The van der Waals surface area contributed by atoms with Crippen molar-refractivity contribution in [2.24, 2.45) is 0 Å². The number of amides is 1. The first-order valence-corrected chi connectivity index (χ1v) is 8.66. The maximum Gasteiger partial charge on any atom is 0.254 e. The average molecular weight is 330 g/mol. The van der Waals surface area contributed by atoms with Gasteiger partial charge in [0.15, 0.2) is 0 Å². The van der Waals surface area contributed by atoms with Crippen molar-refractivity contribution in [1.82, 2.24) is 19.4 Å².